The van der Waals surface area contributed by atoms with Crippen molar-refractivity contribution in [3.8, 4) is 0 Å². The van der Waals surface area contributed by atoms with Gasteiger partial charge in [-0.1, -0.05) is 12.1 Å². The van der Waals surface area contributed by atoms with Crippen LogP contribution in [0.4, 0.5) is 13.6 Å². The summed E-state index contributed by atoms with van der Waals surface area (Å²) in [6.45, 7) is 10.6. The van der Waals surface area contributed by atoms with Gasteiger partial charge in [0, 0.05) is 69.1 Å². The van der Waals surface area contributed by atoms with Crippen molar-refractivity contribution in [1.29, 1.82) is 0 Å². The number of carbonyl (C=O) groups excluding carboxylic acids is 1. The first-order valence-corrected chi connectivity index (χ1v) is 13.4. The first-order valence-electron chi connectivity index (χ1n) is 13.4. The summed E-state index contributed by atoms with van der Waals surface area (Å²) in [6.07, 6.45) is 2.61. The summed E-state index contributed by atoms with van der Waals surface area (Å²) >= 11 is 0. The molecule has 2 saturated carbocycles. The monoisotopic (exact) mass is 494 g/mol. The number of hydrogen-bond donors (Lipinski definition) is 0. The lowest BCUT2D eigenvalue weighted by Crippen LogP contribution is -2.61. The lowest BCUT2D eigenvalue weighted by Gasteiger charge is -2.47. The summed E-state index contributed by atoms with van der Waals surface area (Å²) in [5, 5.41) is 4.32. The molecular formula is C26H40F2N4O3. The Hall–Kier alpha value is -1.74. The van der Waals surface area contributed by atoms with Crippen molar-refractivity contribution in [3.05, 3.63) is 17.5 Å². The Morgan fingerprint density at radius 2 is 1.77 bits per heavy atom. The number of amides is 1. The fourth-order valence-electron chi connectivity index (χ4n) is 6.00. The number of carbonyl (C=O) groups is 1. The molecule has 2 saturated heterocycles. The predicted octanol–water partition coefficient (Wildman–Crippen LogP) is 4.62. The Bertz CT molecular complexity index is 887. The second-order valence-electron chi connectivity index (χ2n) is 11.6. The van der Waals surface area contributed by atoms with Gasteiger partial charge >= 0.3 is 6.09 Å². The molecule has 4 aliphatic rings. The number of nitrogens with zero attached hydrogens (tertiary/aromatic N) is 4. The number of aromatic nitrogens is 1. The maximum atomic E-state index is 15.1. The molecule has 3 heterocycles. The summed E-state index contributed by atoms with van der Waals surface area (Å²) < 4.78 is 41.3. The summed E-state index contributed by atoms with van der Waals surface area (Å²) in [6, 6.07) is 2.08. The predicted molar refractivity (Wildman–Crippen MR) is 128 cm³/mol. The standard InChI is InChI=1S/C26H40F2N4O3/c1-18(2)30-13-15-31(16-14-30)20-5-4-8-26(27,28)23(20)34-24(33)32-11-9-25(3,10-12-32)22-17-21(35-29-22)19-6-7-19/h17-20,23H,4-16H2,1-3H3/t20?,23-/m1/s1. The Morgan fingerprint density at radius 3 is 2.40 bits per heavy atom. The van der Waals surface area contributed by atoms with Crippen LogP contribution >= 0.6 is 0 Å². The highest BCUT2D eigenvalue weighted by Crippen LogP contribution is 2.43. The van der Waals surface area contributed by atoms with Crippen LogP contribution in [0, 0.1) is 0 Å². The fraction of sp³-hybridized carbons (Fsp3) is 0.846. The Morgan fingerprint density at radius 1 is 1.09 bits per heavy atom. The molecule has 1 aromatic heterocycles. The number of piperazine rings is 1. The van der Waals surface area contributed by atoms with E-state index in [1.807, 2.05) is 0 Å². The van der Waals surface area contributed by atoms with E-state index in [0.717, 1.165) is 50.5 Å². The number of alkyl halides is 2. The highest BCUT2D eigenvalue weighted by Gasteiger charge is 2.52. The molecule has 0 spiro atoms. The number of ether oxygens (including phenoxy) is 1. The molecule has 35 heavy (non-hydrogen) atoms. The minimum absolute atomic E-state index is 0.180. The summed E-state index contributed by atoms with van der Waals surface area (Å²) in [5.41, 5.74) is 0.757. The van der Waals surface area contributed by atoms with Crippen LogP contribution in [-0.4, -0.2) is 89.3 Å². The molecular weight excluding hydrogens is 454 g/mol. The smallest absolute Gasteiger partial charge is 0.410 e. The van der Waals surface area contributed by atoms with Crippen LogP contribution in [-0.2, 0) is 10.2 Å². The topological polar surface area (TPSA) is 62.1 Å². The van der Waals surface area contributed by atoms with Gasteiger partial charge in [-0.2, -0.15) is 0 Å². The highest BCUT2D eigenvalue weighted by atomic mass is 19.3. The van der Waals surface area contributed by atoms with Crippen molar-refractivity contribution >= 4 is 6.09 Å². The van der Waals surface area contributed by atoms with Crippen LogP contribution in [0.5, 0.6) is 0 Å². The van der Waals surface area contributed by atoms with Crippen LogP contribution in [0.15, 0.2) is 10.6 Å². The van der Waals surface area contributed by atoms with Gasteiger partial charge in [0.2, 0.25) is 0 Å². The zero-order valence-electron chi connectivity index (χ0n) is 21.3. The van der Waals surface area contributed by atoms with Crippen molar-refractivity contribution in [2.45, 2.75) is 101 Å². The van der Waals surface area contributed by atoms with E-state index in [1.54, 1.807) is 4.90 Å². The second kappa shape index (κ2) is 9.61. The normalized spacial score (nSPS) is 29.9. The van der Waals surface area contributed by atoms with Crippen LogP contribution in [0.1, 0.15) is 83.1 Å². The maximum Gasteiger partial charge on any atom is 0.410 e. The van der Waals surface area contributed by atoms with Crippen molar-refractivity contribution in [2.75, 3.05) is 39.3 Å². The SMILES string of the molecule is CC(C)N1CCN(C2CCCC(F)(F)[C@@H]2OC(=O)N2CCC(C)(c3cc(C4CC4)on3)CC2)CC1. The number of piperidine rings is 1. The average Bonchev–Trinajstić information content (AvgIpc) is 3.56. The molecule has 0 aromatic carbocycles. The Labute approximate surface area is 207 Å². The molecule has 0 N–H and O–H groups in total. The van der Waals surface area contributed by atoms with Gasteiger partial charge in [0.05, 0.1) is 11.7 Å². The van der Waals surface area contributed by atoms with Gasteiger partial charge in [0.25, 0.3) is 5.92 Å². The zero-order chi connectivity index (χ0) is 24.8. The molecule has 1 unspecified atom stereocenters. The van der Waals surface area contributed by atoms with Crippen LogP contribution in [0.3, 0.4) is 0 Å². The Kier molecular flexibility index (Phi) is 6.85. The molecule has 2 atom stereocenters. The molecule has 1 aromatic rings. The molecule has 7 nitrogen and oxygen atoms in total. The van der Waals surface area contributed by atoms with Crippen molar-refractivity contribution in [1.82, 2.24) is 19.9 Å². The summed E-state index contributed by atoms with van der Waals surface area (Å²) in [5.74, 6) is -1.53. The number of halogens is 2. The largest absolute Gasteiger partial charge is 0.438 e. The number of likely N-dealkylation sites (tertiary alicyclic amines) is 1. The zero-order valence-corrected chi connectivity index (χ0v) is 21.3. The second-order valence-corrected chi connectivity index (χ2v) is 11.6. The van der Waals surface area contributed by atoms with Crippen LogP contribution in [0.2, 0.25) is 0 Å². The molecule has 2 aliphatic heterocycles. The van der Waals surface area contributed by atoms with Crippen molar-refractivity contribution < 1.29 is 22.8 Å². The quantitative estimate of drug-likeness (QED) is 0.595. The van der Waals surface area contributed by atoms with Gasteiger partial charge < -0.3 is 14.2 Å². The van der Waals surface area contributed by atoms with Gasteiger partial charge in [0.1, 0.15) is 5.76 Å². The van der Waals surface area contributed by atoms with Crippen molar-refractivity contribution in [2.24, 2.45) is 0 Å². The molecule has 0 radical (unpaired) electrons. The first kappa shape index (κ1) is 24.9. The summed E-state index contributed by atoms with van der Waals surface area (Å²) in [7, 11) is 0. The lowest BCUT2D eigenvalue weighted by atomic mass is 9.77. The van der Waals surface area contributed by atoms with E-state index >= 15 is 8.78 Å². The molecule has 1 amide bonds. The highest BCUT2D eigenvalue weighted by molar-refractivity contribution is 5.68. The molecule has 2 aliphatic carbocycles. The molecule has 196 valence electrons. The van der Waals surface area contributed by atoms with Gasteiger partial charge in [-0.25, -0.2) is 13.6 Å². The number of hydrogen-bond acceptors (Lipinski definition) is 6. The molecule has 5 rings (SSSR count). The molecule has 9 heteroatoms. The van der Waals surface area contributed by atoms with E-state index < -0.39 is 24.2 Å². The Balaban J connectivity index is 1.20. The third kappa shape index (κ3) is 5.22. The van der Waals surface area contributed by atoms with E-state index in [9.17, 15) is 4.79 Å². The van der Waals surface area contributed by atoms with Crippen LogP contribution in [0.25, 0.3) is 0 Å². The van der Waals surface area contributed by atoms with Gasteiger partial charge in [-0.15, -0.1) is 0 Å². The van der Waals surface area contributed by atoms with E-state index in [0.29, 0.717) is 50.7 Å². The third-order valence-corrected chi connectivity index (χ3v) is 8.80. The molecule has 0 bridgehead atoms. The van der Waals surface area contributed by atoms with Crippen molar-refractivity contribution in [3.63, 3.8) is 0 Å². The molecule has 4 fully saturated rings. The lowest BCUT2D eigenvalue weighted by molar-refractivity contribution is -0.170. The van der Waals surface area contributed by atoms with E-state index in [-0.39, 0.29) is 11.8 Å². The number of rotatable bonds is 5. The van der Waals surface area contributed by atoms with Gasteiger partial charge in [-0.05, 0) is 52.4 Å². The van der Waals surface area contributed by atoms with Gasteiger partial charge in [0.15, 0.2) is 6.10 Å². The minimum atomic E-state index is -3.00. The van der Waals surface area contributed by atoms with Gasteiger partial charge in [-0.3, -0.25) is 9.80 Å². The third-order valence-electron chi connectivity index (χ3n) is 8.80. The van der Waals surface area contributed by atoms with E-state index in [4.69, 9.17) is 9.26 Å². The van der Waals surface area contributed by atoms with E-state index in [1.165, 1.54) is 0 Å². The van der Waals surface area contributed by atoms with E-state index in [2.05, 4.69) is 41.8 Å². The summed E-state index contributed by atoms with van der Waals surface area (Å²) in [4.78, 5) is 19.2. The average molecular weight is 495 g/mol. The fourth-order valence-corrected chi connectivity index (χ4v) is 6.00. The first-order chi connectivity index (χ1) is 16.7. The maximum absolute atomic E-state index is 15.1. The minimum Gasteiger partial charge on any atom is -0.438 e. The van der Waals surface area contributed by atoms with Crippen LogP contribution < -0.4 is 0 Å².